The third kappa shape index (κ3) is 3.02. The summed E-state index contributed by atoms with van der Waals surface area (Å²) in [6.45, 7) is 8.33. The van der Waals surface area contributed by atoms with Gasteiger partial charge in [-0.2, -0.15) is 0 Å². The minimum absolute atomic E-state index is 0.421. The van der Waals surface area contributed by atoms with Gasteiger partial charge in [0.1, 0.15) is 0 Å². The van der Waals surface area contributed by atoms with Crippen molar-refractivity contribution in [2.75, 3.05) is 0 Å². The molecule has 0 fully saturated rings. The first-order chi connectivity index (χ1) is 5.54. The summed E-state index contributed by atoms with van der Waals surface area (Å²) >= 11 is 4.40. The second-order valence-corrected chi connectivity index (χ2v) is 3.74. The lowest BCUT2D eigenvalue weighted by Crippen LogP contribution is -2.08. The fraction of sp³-hybridized carbons (Fsp3) is 0.700. The van der Waals surface area contributed by atoms with Crippen molar-refractivity contribution in [1.82, 2.24) is 0 Å². The average molecular weight is 185 g/mol. The summed E-state index contributed by atoms with van der Waals surface area (Å²) in [7, 11) is 0. The molecular formula is C10H19NS. The Balaban J connectivity index is 4.78. The van der Waals surface area contributed by atoms with Crippen LogP contribution in [-0.4, -0.2) is 5.71 Å². The van der Waals surface area contributed by atoms with Gasteiger partial charge in [-0.15, -0.1) is 12.6 Å². The van der Waals surface area contributed by atoms with E-state index in [1.165, 1.54) is 0 Å². The van der Waals surface area contributed by atoms with Crippen molar-refractivity contribution in [2.24, 2.45) is 5.92 Å². The maximum Gasteiger partial charge on any atom is 0.0353 e. The highest BCUT2D eigenvalue weighted by atomic mass is 32.1. The van der Waals surface area contributed by atoms with Crippen LogP contribution < -0.4 is 0 Å². The van der Waals surface area contributed by atoms with E-state index in [1.54, 1.807) is 0 Å². The first kappa shape index (κ1) is 11.8. The third-order valence-electron chi connectivity index (χ3n) is 1.90. The number of nitrogens with one attached hydrogen (secondary N) is 1. The van der Waals surface area contributed by atoms with Crippen LogP contribution in [0.2, 0.25) is 0 Å². The topological polar surface area (TPSA) is 23.9 Å². The van der Waals surface area contributed by atoms with E-state index in [9.17, 15) is 0 Å². The van der Waals surface area contributed by atoms with Gasteiger partial charge in [0.2, 0.25) is 0 Å². The van der Waals surface area contributed by atoms with Crippen molar-refractivity contribution < 1.29 is 0 Å². The lowest BCUT2D eigenvalue weighted by atomic mass is 9.96. The summed E-state index contributed by atoms with van der Waals surface area (Å²) in [6.07, 6.45) is 1.73. The van der Waals surface area contributed by atoms with E-state index in [2.05, 4.69) is 33.4 Å². The van der Waals surface area contributed by atoms with Crippen LogP contribution in [0, 0.1) is 11.3 Å². The van der Waals surface area contributed by atoms with Gasteiger partial charge in [0.05, 0.1) is 0 Å². The zero-order valence-electron chi connectivity index (χ0n) is 8.44. The molecule has 1 nitrogen and oxygen atoms in total. The molecule has 0 aromatic heterocycles. The molecule has 1 N–H and O–H groups in total. The van der Waals surface area contributed by atoms with E-state index in [1.807, 2.05) is 6.92 Å². The molecule has 0 bridgehead atoms. The summed E-state index contributed by atoms with van der Waals surface area (Å²) in [5.41, 5.74) is 1.86. The zero-order valence-corrected chi connectivity index (χ0v) is 9.33. The van der Waals surface area contributed by atoms with E-state index in [-0.39, 0.29) is 0 Å². The second-order valence-electron chi connectivity index (χ2n) is 3.20. The van der Waals surface area contributed by atoms with Crippen molar-refractivity contribution in [3.63, 3.8) is 0 Å². The summed E-state index contributed by atoms with van der Waals surface area (Å²) in [5, 5.41) is 7.75. The summed E-state index contributed by atoms with van der Waals surface area (Å²) in [4.78, 5) is 1.07. The molecule has 0 aliphatic rings. The second kappa shape index (κ2) is 5.41. The first-order valence-electron chi connectivity index (χ1n) is 4.54. The predicted octanol–water partition coefficient (Wildman–Crippen LogP) is 3.67. The normalized spacial score (nSPS) is 13.2. The molecule has 0 spiro atoms. The summed E-state index contributed by atoms with van der Waals surface area (Å²) < 4.78 is 0. The Morgan fingerprint density at radius 3 is 2.00 bits per heavy atom. The fourth-order valence-corrected chi connectivity index (χ4v) is 1.63. The van der Waals surface area contributed by atoms with Gasteiger partial charge < -0.3 is 5.41 Å². The van der Waals surface area contributed by atoms with Crippen LogP contribution in [-0.2, 0) is 0 Å². The Morgan fingerprint density at radius 1 is 1.25 bits per heavy atom. The van der Waals surface area contributed by atoms with Gasteiger partial charge in [0, 0.05) is 5.71 Å². The molecule has 2 heteroatoms. The average Bonchev–Trinajstić information content (AvgIpc) is 2.03. The highest BCUT2D eigenvalue weighted by Crippen LogP contribution is 2.22. The molecule has 0 aliphatic carbocycles. The molecule has 0 saturated carbocycles. The molecule has 0 radical (unpaired) electrons. The van der Waals surface area contributed by atoms with E-state index >= 15 is 0 Å². The van der Waals surface area contributed by atoms with Crippen molar-refractivity contribution in [3.05, 3.63) is 10.5 Å². The van der Waals surface area contributed by atoms with E-state index in [0.717, 1.165) is 29.0 Å². The molecule has 70 valence electrons. The molecule has 0 aromatic carbocycles. The molecule has 0 aromatic rings. The van der Waals surface area contributed by atoms with Gasteiger partial charge in [-0.05, 0) is 29.2 Å². The van der Waals surface area contributed by atoms with Gasteiger partial charge in [0.15, 0.2) is 0 Å². The molecule has 0 rings (SSSR count). The maximum absolute atomic E-state index is 7.75. The van der Waals surface area contributed by atoms with Gasteiger partial charge >= 0.3 is 0 Å². The number of hydrogen-bond acceptors (Lipinski definition) is 2. The van der Waals surface area contributed by atoms with Crippen LogP contribution in [0.25, 0.3) is 0 Å². The van der Waals surface area contributed by atoms with Crippen LogP contribution in [0.4, 0.5) is 0 Å². The fourth-order valence-electron chi connectivity index (χ4n) is 1.24. The zero-order chi connectivity index (χ0) is 9.72. The van der Waals surface area contributed by atoms with Gasteiger partial charge in [-0.3, -0.25) is 0 Å². The van der Waals surface area contributed by atoms with Crippen LogP contribution >= 0.6 is 12.6 Å². The molecule has 12 heavy (non-hydrogen) atoms. The molecule has 0 heterocycles. The molecule has 0 atom stereocenters. The number of hydrogen-bond donors (Lipinski definition) is 2. The van der Waals surface area contributed by atoms with E-state index in [0.29, 0.717) is 5.92 Å². The number of rotatable bonds is 4. The van der Waals surface area contributed by atoms with Crippen LogP contribution in [0.1, 0.15) is 40.5 Å². The van der Waals surface area contributed by atoms with E-state index < -0.39 is 0 Å². The first-order valence-corrected chi connectivity index (χ1v) is 4.99. The summed E-state index contributed by atoms with van der Waals surface area (Å²) in [6, 6.07) is 0. The Bertz CT molecular complexity index is 192. The highest BCUT2D eigenvalue weighted by Gasteiger charge is 2.10. The monoisotopic (exact) mass is 185 g/mol. The predicted molar refractivity (Wildman–Crippen MR) is 59.2 cm³/mol. The lowest BCUT2D eigenvalue weighted by Gasteiger charge is -2.14. The molecule has 0 aliphatic heterocycles. The van der Waals surface area contributed by atoms with Crippen LogP contribution in [0.15, 0.2) is 10.5 Å². The largest absolute Gasteiger partial charge is 0.305 e. The van der Waals surface area contributed by atoms with Gasteiger partial charge in [-0.1, -0.05) is 27.7 Å². The molecule has 0 amide bonds. The van der Waals surface area contributed by atoms with Gasteiger partial charge in [-0.25, -0.2) is 0 Å². The third-order valence-corrected chi connectivity index (χ3v) is 2.46. The minimum Gasteiger partial charge on any atom is -0.305 e. The van der Waals surface area contributed by atoms with Crippen molar-refractivity contribution in [1.29, 1.82) is 5.41 Å². The molecule has 0 saturated heterocycles. The van der Waals surface area contributed by atoms with Gasteiger partial charge in [0.25, 0.3) is 0 Å². The Morgan fingerprint density at radius 2 is 1.75 bits per heavy atom. The van der Waals surface area contributed by atoms with Crippen molar-refractivity contribution in [3.8, 4) is 0 Å². The Labute approximate surface area is 81.2 Å². The maximum atomic E-state index is 7.75. The number of thiol groups is 1. The standard InChI is InChI=1S/C10H19NS/c1-5-8(11)10(7(3)4)9(12)6-2/h7,11-12H,5-6H2,1-4H3/b10-9-,11-8?. The summed E-state index contributed by atoms with van der Waals surface area (Å²) in [5.74, 6) is 0.421. The molecule has 0 unspecified atom stereocenters. The van der Waals surface area contributed by atoms with Crippen molar-refractivity contribution >= 4 is 18.3 Å². The quantitative estimate of drug-likeness (QED) is 0.493. The SMILES string of the molecule is CCC(=N)/C(=C(\S)CC)C(C)C. The number of allylic oxidation sites excluding steroid dienone is 2. The van der Waals surface area contributed by atoms with Crippen LogP contribution in [0.5, 0.6) is 0 Å². The lowest BCUT2D eigenvalue weighted by molar-refractivity contribution is 0.788. The Hall–Kier alpha value is -0.240. The minimum atomic E-state index is 0.421. The highest BCUT2D eigenvalue weighted by molar-refractivity contribution is 7.84. The smallest absolute Gasteiger partial charge is 0.0353 e. The Kier molecular flexibility index (Phi) is 5.31. The van der Waals surface area contributed by atoms with Crippen LogP contribution in [0.3, 0.4) is 0 Å². The van der Waals surface area contributed by atoms with Crippen molar-refractivity contribution in [2.45, 2.75) is 40.5 Å². The molecular weight excluding hydrogens is 166 g/mol. The van der Waals surface area contributed by atoms with E-state index in [4.69, 9.17) is 5.41 Å².